The van der Waals surface area contributed by atoms with Gasteiger partial charge in [0.1, 0.15) is 11.9 Å². The van der Waals surface area contributed by atoms with Gasteiger partial charge in [-0.15, -0.1) is 0 Å². The van der Waals surface area contributed by atoms with Gasteiger partial charge in [0, 0.05) is 39.5 Å². The van der Waals surface area contributed by atoms with E-state index in [4.69, 9.17) is 4.74 Å². The van der Waals surface area contributed by atoms with Gasteiger partial charge >= 0.3 is 0 Å². The smallest absolute Gasteiger partial charge is 0.193 e. The maximum absolute atomic E-state index is 6.07. The third-order valence-electron chi connectivity index (χ3n) is 4.53. The summed E-state index contributed by atoms with van der Waals surface area (Å²) in [5, 5.41) is 3.48. The highest BCUT2D eigenvalue weighted by Crippen LogP contribution is 2.18. The van der Waals surface area contributed by atoms with E-state index in [0.717, 1.165) is 44.2 Å². The van der Waals surface area contributed by atoms with Gasteiger partial charge in [0.15, 0.2) is 5.96 Å². The molecule has 4 heteroatoms. The van der Waals surface area contributed by atoms with Crippen molar-refractivity contribution in [1.82, 2.24) is 10.2 Å². The third-order valence-corrected chi connectivity index (χ3v) is 4.53. The number of guanidine groups is 1. The topological polar surface area (TPSA) is 36.9 Å². The van der Waals surface area contributed by atoms with Gasteiger partial charge in [-0.3, -0.25) is 4.99 Å². The first-order valence-corrected chi connectivity index (χ1v) is 8.97. The van der Waals surface area contributed by atoms with Crippen molar-refractivity contribution in [3.05, 3.63) is 65.7 Å². The van der Waals surface area contributed by atoms with E-state index in [0.29, 0.717) is 0 Å². The number of ether oxygens (including phenoxy) is 1. The normalized spacial score (nSPS) is 15.9. The molecule has 0 atom stereocenters. The van der Waals surface area contributed by atoms with E-state index in [9.17, 15) is 0 Å². The first-order valence-electron chi connectivity index (χ1n) is 8.97. The lowest BCUT2D eigenvalue weighted by atomic mass is 10.1. The average Bonchev–Trinajstić information content (AvgIpc) is 2.64. The van der Waals surface area contributed by atoms with Crippen molar-refractivity contribution >= 4 is 5.96 Å². The Morgan fingerprint density at radius 1 is 1.12 bits per heavy atom. The minimum Gasteiger partial charge on any atom is -0.490 e. The quantitative estimate of drug-likeness (QED) is 0.684. The summed E-state index contributed by atoms with van der Waals surface area (Å²) in [5.74, 6) is 1.93. The van der Waals surface area contributed by atoms with Gasteiger partial charge in [-0.1, -0.05) is 48.0 Å². The average molecular weight is 337 g/mol. The Bertz CT molecular complexity index is 691. The number of likely N-dealkylation sites (tertiary alicyclic amines) is 1. The third kappa shape index (κ3) is 4.99. The lowest BCUT2D eigenvalue weighted by Gasteiger charge is -2.34. The predicted molar refractivity (Wildman–Crippen MR) is 103 cm³/mol. The van der Waals surface area contributed by atoms with Crippen molar-refractivity contribution in [2.24, 2.45) is 4.99 Å². The lowest BCUT2D eigenvalue weighted by molar-refractivity contribution is 0.129. The fraction of sp³-hybridized carbons (Fsp3) is 0.381. The number of rotatable bonds is 4. The monoisotopic (exact) mass is 337 g/mol. The number of benzene rings is 2. The lowest BCUT2D eigenvalue weighted by Crippen LogP contribution is -2.47. The largest absolute Gasteiger partial charge is 0.490 e. The summed E-state index contributed by atoms with van der Waals surface area (Å²) < 4.78 is 6.07. The molecule has 0 saturated carbocycles. The highest BCUT2D eigenvalue weighted by atomic mass is 16.5. The number of nitrogens with zero attached hydrogens (tertiary/aromatic N) is 2. The molecule has 1 aliphatic rings. The molecule has 1 N–H and O–H groups in total. The van der Waals surface area contributed by atoms with E-state index < -0.39 is 0 Å². The van der Waals surface area contributed by atoms with Crippen molar-refractivity contribution in [1.29, 1.82) is 0 Å². The number of piperidine rings is 1. The summed E-state index contributed by atoms with van der Waals surface area (Å²) in [7, 11) is 1.85. The van der Waals surface area contributed by atoms with Crippen LogP contribution in [0, 0.1) is 6.92 Å². The van der Waals surface area contributed by atoms with Crippen molar-refractivity contribution in [2.75, 3.05) is 20.1 Å². The number of para-hydroxylation sites is 1. The molecule has 1 fully saturated rings. The van der Waals surface area contributed by atoms with Gasteiger partial charge in [0.05, 0.1) is 0 Å². The van der Waals surface area contributed by atoms with E-state index in [-0.39, 0.29) is 6.10 Å². The van der Waals surface area contributed by atoms with Crippen LogP contribution in [-0.4, -0.2) is 37.1 Å². The maximum atomic E-state index is 6.07. The highest BCUT2D eigenvalue weighted by molar-refractivity contribution is 5.80. The molecule has 132 valence electrons. The highest BCUT2D eigenvalue weighted by Gasteiger charge is 2.22. The molecule has 0 radical (unpaired) electrons. The maximum Gasteiger partial charge on any atom is 0.193 e. The van der Waals surface area contributed by atoms with Gasteiger partial charge in [-0.25, -0.2) is 0 Å². The van der Waals surface area contributed by atoms with E-state index in [1.54, 1.807) is 0 Å². The van der Waals surface area contributed by atoms with Gasteiger partial charge in [-0.2, -0.15) is 0 Å². The zero-order chi connectivity index (χ0) is 17.5. The Kier molecular flexibility index (Phi) is 5.94. The Balaban J connectivity index is 1.49. The summed E-state index contributed by atoms with van der Waals surface area (Å²) >= 11 is 0. The predicted octanol–water partition coefficient (Wildman–Crippen LogP) is 3.61. The fourth-order valence-corrected chi connectivity index (χ4v) is 3.21. The van der Waals surface area contributed by atoms with E-state index >= 15 is 0 Å². The van der Waals surface area contributed by atoms with Gasteiger partial charge < -0.3 is 15.0 Å². The molecule has 0 amide bonds. The molecule has 2 aromatic carbocycles. The molecular formula is C21H27N3O. The van der Waals surface area contributed by atoms with E-state index in [1.165, 1.54) is 11.1 Å². The molecule has 0 spiro atoms. The molecule has 1 aliphatic heterocycles. The molecule has 4 nitrogen and oxygen atoms in total. The minimum atomic E-state index is 0.286. The Morgan fingerprint density at radius 2 is 1.88 bits per heavy atom. The van der Waals surface area contributed by atoms with Crippen molar-refractivity contribution in [2.45, 2.75) is 32.4 Å². The molecule has 0 aliphatic carbocycles. The zero-order valence-corrected chi connectivity index (χ0v) is 15.1. The summed E-state index contributed by atoms with van der Waals surface area (Å²) in [5.41, 5.74) is 2.57. The fourth-order valence-electron chi connectivity index (χ4n) is 3.21. The summed E-state index contributed by atoms with van der Waals surface area (Å²) in [4.78, 5) is 6.77. The van der Waals surface area contributed by atoms with Crippen LogP contribution in [0.2, 0.25) is 0 Å². The van der Waals surface area contributed by atoms with Crippen LogP contribution in [0.3, 0.4) is 0 Å². The van der Waals surface area contributed by atoms with Crippen LogP contribution in [-0.2, 0) is 6.54 Å². The van der Waals surface area contributed by atoms with Crippen LogP contribution in [0.1, 0.15) is 24.0 Å². The number of hydrogen-bond donors (Lipinski definition) is 1. The zero-order valence-electron chi connectivity index (χ0n) is 15.1. The second-order valence-electron chi connectivity index (χ2n) is 6.51. The second-order valence-corrected chi connectivity index (χ2v) is 6.51. The number of nitrogens with one attached hydrogen (secondary N) is 1. The molecule has 2 aromatic rings. The standard InChI is InChI=1S/C21H27N3O/c1-17-7-6-8-18(15-17)16-23-21(22-2)24-13-11-20(12-14-24)25-19-9-4-3-5-10-19/h3-10,15,20H,11-14,16H2,1-2H3,(H,22,23). The molecular weight excluding hydrogens is 310 g/mol. The van der Waals surface area contributed by atoms with Crippen LogP contribution < -0.4 is 10.1 Å². The summed E-state index contributed by atoms with van der Waals surface area (Å²) in [6.07, 6.45) is 2.31. The summed E-state index contributed by atoms with van der Waals surface area (Å²) in [6.45, 7) is 4.85. The number of hydrogen-bond acceptors (Lipinski definition) is 2. The molecule has 25 heavy (non-hydrogen) atoms. The van der Waals surface area contributed by atoms with Gasteiger partial charge in [0.25, 0.3) is 0 Å². The number of aliphatic imine (C=N–C) groups is 1. The molecule has 0 aromatic heterocycles. The van der Waals surface area contributed by atoms with Crippen molar-refractivity contribution in [3.63, 3.8) is 0 Å². The first kappa shape index (κ1) is 17.3. The van der Waals surface area contributed by atoms with Crippen LogP contribution in [0.15, 0.2) is 59.6 Å². The van der Waals surface area contributed by atoms with Crippen LogP contribution in [0.4, 0.5) is 0 Å². The van der Waals surface area contributed by atoms with Crippen LogP contribution in [0.5, 0.6) is 5.75 Å². The number of aryl methyl sites for hydroxylation is 1. The second kappa shape index (κ2) is 8.56. The van der Waals surface area contributed by atoms with Crippen LogP contribution in [0.25, 0.3) is 0 Å². The Labute approximate surface area is 150 Å². The molecule has 0 unspecified atom stereocenters. The van der Waals surface area contributed by atoms with Crippen molar-refractivity contribution < 1.29 is 4.74 Å². The Morgan fingerprint density at radius 3 is 2.56 bits per heavy atom. The molecule has 1 saturated heterocycles. The van der Waals surface area contributed by atoms with Gasteiger partial charge in [0.2, 0.25) is 0 Å². The molecule has 3 rings (SSSR count). The SMILES string of the molecule is CN=C(NCc1cccc(C)c1)N1CCC(Oc2ccccc2)CC1. The van der Waals surface area contributed by atoms with Crippen LogP contribution >= 0.6 is 0 Å². The Hall–Kier alpha value is -2.49. The molecule has 0 bridgehead atoms. The minimum absolute atomic E-state index is 0.286. The molecule has 1 heterocycles. The van der Waals surface area contributed by atoms with Gasteiger partial charge in [-0.05, 0) is 24.6 Å². The summed E-state index contributed by atoms with van der Waals surface area (Å²) in [6, 6.07) is 18.7. The van der Waals surface area contributed by atoms with E-state index in [1.807, 2.05) is 37.4 Å². The first-order chi connectivity index (χ1) is 12.2. The van der Waals surface area contributed by atoms with Crippen molar-refractivity contribution in [3.8, 4) is 5.75 Å². The van der Waals surface area contributed by atoms with E-state index in [2.05, 4.69) is 46.4 Å².